The number of aryl methyl sites for hydroxylation is 1. The molecule has 1 fully saturated rings. The highest BCUT2D eigenvalue weighted by molar-refractivity contribution is 7.11. The molecule has 0 bridgehead atoms. The van der Waals surface area contributed by atoms with Crippen molar-refractivity contribution in [1.29, 1.82) is 0 Å². The molecule has 0 amide bonds. The van der Waals surface area contributed by atoms with Crippen LogP contribution in [-0.4, -0.2) is 40.6 Å². The summed E-state index contributed by atoms with van der Waals surface area (Å²) in [5, 5.41) is 9.77. The SMILES string of the molecule is O=C(O)CCc1cnc(CCN2CCCCC2)s1. The topological polar surface area (TPSA) is 53.4 Å². The summed E-state index contributed by atoms with van der Waals surface area (Å²) < 4.78 is 0. The van der Waals surface area contributed by atoms with E-state index in [1.54, 1.807) is 11.3 Å². The first-order chi connectivity index (χ1) is 8.74. The Morgan fingerprint density at radius 1 is 1.33 bits per heavy atom. The van der Waals surface area contributed by atoms with Crippen molar-refractivity contribution in [2.75, 3.05) is 19.6 Å². The van der Waals surface area contributed by atoms with Crippen molar-refractivity contribution in [1.82, 2.24) is 9.88 Å². The normalized spacial score (nSPS) is 16.9. The van der Waals surface area contributed by atoms with E-state index < -0.39 is 5.97 Å². The molecule has 1 aromatic heterocycles. The molecule has 4 nitrogen and oxygen atoms in total. The molecule has 0 atom stereocenters. The van der Waals surface area contributed by atoms with E-state index in [1.807, 2.05) is 6.20 Å². The van der Waals surface area contributed by atoms with Crippen LogP contribution in [0.5, 0.6) is 0 Å². The smallest absolute Gasteiger partial charge is 0.303 e. The van der Waals surface area contributed by atoms with Crippen LogP contribution in [0.2, 0.25) is 0 Å². The van der Waals surface area contributed by atoms with Gasteiger partial charge in [-0.1, -0.05) is 6.42 Å². The largest absolute Gasteiger partial charge is 0.481 e. The Morgan fingerprint density at radius 2 is 2.11 bits per heavy atom. The molecule has 18 heavy (non-hydrogen) atoms. The van der Waals surface area contributed by atoms with Gasteiger partial charge in [0.05, 0.1) is 11.4 Å². The van der Waals surface area contributed by atoms with Gasteiger partial charge in [-0.3, -0.25) is 4.79 Å². The lowest BCUT2D eigenvalue weighted by atomic mass is 10.1. The highest BCUT2D eigenvalue weighted by atomic mass is 32.1. The second-order valence-corrected chi connectivity index (χ2v) is 5.97. The van der Waals surface area contributed by atoms with E-state index >= 15 is 0 Å². The first-order valence-corrected chi connectivity index (χ1v) is 7.43. The molecule has 0 radical (unpaired) electrons. The van der Waals surface area contributed by atoms with Gasteiger partial charge in [0, 0.05) is 24.0 Å². The molecule has 0 aromatic carbocycles. The molecule has 1 aliphatic heterocycles. The first kappa shape index (κ1) is 13.5. The Balaban J connectivity index is 1.73. The minimum absolute atomic E-state index is 0.202. The highest BCUT2D eigenvalue weighted by Gasteiger charge is 2.11. The van der Waals surface area contributed by atoms with E-state index in [0.717, 1.165) is 22.9 Å². The zero-order valence-corrected chi connectivity index (χ0v) is 11.4. The average Bonchev–Trinajstić information content (AvgIpc) is 2.83. The molecule has 0 unspecified atom stereocenters. The van der Waals surface area contributed by atoms with Crippen LogP contribution in [0.25, 0.3) is 0 Å². The number of hydrogen-bond acceptors (Lipinski definition) is 4. The minimum atomic E-state index is -0.738. The summed E-state index contributed by atoms with van der Waals surface area (Å²) in [7, 11) is 0. The van der Waals surface area contributed by atoms with Crippen LogP contribution in [0.1, 0.15) is 35.6 Å². The number of carbonyl (C=O) groups is 1. The summed E-state index contributed by atoms with van der Waals surface area (Å²) in [5.74, 6) is -0.738. The van der Waals surface area contributed by atoms with Gasteiger partial charge in [0.1, 0.15) is 0 Å². The maximum atomic E-state index is 10.5. The van der Waals surface area contributed by atoms with E-state index in [2.05, 4.69) is 9.88 Å². The fourth-order valence-corrected chi connectivity index (χ4v) is 3.16. The Hall–Kier alpha value is -0.940. The molecule has 2 heterocycles. The lowest BCUT2D eigenvalue weighted by molar-refractivity contribution is -0.136. The number of rotatable bonds is 6. The highest BCUT2D eigenvalue weighted by Crippen LogP contribution is 2.16. The van der Waals surface area contributed by atoms with Crippen LogP contribution < -0.4 is 0 Å². The third-order valence-corrected chi connectivity index (χ3v) is 4.39. The Morgan fingerprint density at radius 3 is 2.83 bits per heavy atom. The van der Waals surface area contributed by atoms with Crippen LogP contribution >= 0.6 is 11.3 Å². The number of aliphatic carboxylic acids is 1. The molecule has 0 aliphatic carbocycles. The summed E-state index contributed by atoms with van der Waals surface area (Å²) in [6, 6.07) is 0. The van der Waals surface area contributed by atoms with Gasteiger partial charge in [0.2, 0.25) is 0 Å². The van der Waals surface area contributed by atoms with Crippen LogP contribution in [0.15, 0.2) is 6.20 Å². The number of thiazole rings is 1. The molecule has 0 spiro atoms. The van der Waals surface area contributed by atoms with Crippen molar-refractivity contribution >= 4 is 17.3 Å². The van der Waals surface area contributed by atoms with Gasteiger partial charge in [-0.2, -0.15) is 0 Å². The van der Waals surface area contributed by atoms with E-state index in [4.69, 9.17) is 5.11 Å². The van der Waals surface area contributed by atoms with Gasteiger partial charge in [-0.05, 0) is 32.4 Å². The fourth-order valence-electron chi connectivity index (χ4n) is 2.25. The lowest BCUT2D eigenvalue weighted by Crippen LogP contribution is -2.31. The number of hydrogen-bond donors (Lipinski definition) is 1. The third kappa shape index (κ3) is 4.38. The van der Waals surface area contributed by atoms with Gasteiger partial charge in [0.15, 0.2) is 0 Å². The van der Waals surface area contributed by atoms with Gasteiger partial charge >= 0.3 is 5.97 Å². The van der Waals surface area contributed by atoms with Crippen molar-refractivity contribution in [3.8, 4) is 0 Å². The Kier molecular flexibility index (Phi) is 5.13. The monoisotopic (exact) mass is 268 g/mol. The maximum Gasteiger partial charge on any atom is 0.303 e. The molecule has 1 aliphatic rings. The summed E-state index contributed by atoms with van der Waals surface area (Å²) in [6.45, 7) is 3.53. The van der Waals surface area contributed by atoms with Crippen molar-refractivity contribution in [3.63, 3.8) is 0 Å². The summed E-state index contributed by atoms with van der Waals surface area (Å²) in [6.07, 6.45) is 7.65. The van der Waals surface area contributed by atoms with Crippen LogP contribution in [0.3, 0.4) is 0 Å². The number of likely N-dealkylation sites (tertiary alicyclic amines) is 1. The van der Waals surface area contributed by atoms with Crippen LogP contribution in [0, 0.1) is 0 Å². The molecule has 0 saturated carbocycles. The number of nitrogens with zero attached hydrogens (tertiary/aromatic N) is 2. The van der Waals surface area contributed by atoms with E-state index in [9.17, 15) is 4.79 Å². The quantitative estimate of drug-likeness (QED) is 0.859. The van der Waals surface area contributed by atoms with Crippen molar-refractivity contribution in [2.24, 2.45) is 0 Å². The zero-order chi connectivity index (χ0) is 12.8. The standard InChI is InChI=1S/C13H20N2O2S/c16-13(17)5-4-11-10-14-12(18-11)6-9-15-7-2-1-3-8-15/h10H,1-9H2,(H,16,17). The predicted octanol–water partition coefficient (Wildman–Crippen LogP) is 2.19. The van der Waals surface area contributed by atoms with Crippen LogP contribution in [-0.2, 0) is 17.6 Å². The van der Waals surface area contributed by atoms with Crippen molar-refractivity contribution in [2.45, 2.75) is 38.5 Å². The number of piperidine rings is 1. The number of carboxylic acid groups (broad SMARTS) is 1. The van der Waals surface area contributed by atoms with E-state index in [1.165, 1.54) is 32.4 Å². The molecule has 5 heteroatoms. The summed E-state index contributed by atoms with van der Waals surface area (Å²) in [4.78, 5) is 18.5. The van der Waals surface area contributed by atoms with E-state index in [0.29, 0.717) is 6.42 Å². The van der Waals surface area contributed by atoms with Crippen molar-refractivity contribution in [3.05, 3.63) is 16.1 Å². The molecule has 100 valence electrons. The third-order valence-electron chi connectivity index (χ3n) is 3.28. The Bertz CT molecular complexity index is 386. The summed E-state index contributed by atoms with van der Waals surface area (Å²) >= 11 is 1.66. The molecular formula is C13H20N2O2S. The van der Waals surface area contributed by atoms with Gasteiger partial charge in [-0.25, -0.2) is 4.98 Å². The first-order valence-electron chi connectivity index (χ1n) is 6.62. The number of aromatic nitrogens is 1. The van der Waals surface area contributed by atoms with E-state index in [-0.39, 0.29) is 6.42 Å². The van der Waals surface area contributed by atoms with Gasteiger partial charge < -0.3 is 10.0 Å². The second-order valence-electron chi connectivity index (χ2n) is 4.77. The zero-order valence-electron chi connectivity index (χ0n) is 10.6. The Labute approximate surface area is 112 Å². The molecular weight excluding hydrogens is 248 g/mol. The maximum absolute atomic E-state index is 10.5. The second kappa shape index (κ2) is 6.85. The fraction of sp³-hybridized carbons (Fsp3) is 0.692. The lowest BCUT2D eigenvalue weighted by Gasteiger charge is -2.25. The molecule has 2 rings (SSSR count). The molecule has 1 N–H and O–H groups in total. The van der Waals surface area contributed by atoms with Gasteiger partial charge in [0.25, 0.3) is 0 Å². The number of carboxylic acids is 1. The molecule has 1 aromatic rings. The van der Waals surface area contributed by atoms with Gasteiger partial charge in [-0.15, -0.1) is 11.3 Å². The summed E-state index contributed by atoms with van der Waals surface area (Å²) in [5.41, 5.74) is 0. The average molecular weight is 268 g/mol. The predicted molar refractivity (Wildman–Crippen MR) is 72.1 cm³/mol. The van der Waals surface area contributed by atoms with Crippen LogP contribution in [0.4, 0.5) is 0 Å². The minimum Gasteiger partial charge on any atom is -0.481 e. The van der Waals surface area contributed by atoms with Crippen molar-refractivity contribution < 1.29 is 9.90 Å². The molecule has 1 saturated heterocycles.